The Labute approximate surface area is 123 Å². The van der Waals surface area contributed by atoms with E-state index in [1.165, 1.54) is 36.4 Å². The Morgan fingerprint density at radius 3 is 2.55 bits per heavy atom. The van der Waals surface area contributed by atoms with Crippen LogP contribution in [-0.4, -0.2) is 26.3 Å². The van der Waals surface area contributed by atoms with E-state index >= 15 is 0 Å². The molecule has 0 aliphatic carbocycles. The summed E-state index contributed by atoms with van der Waals surface area (Å²) in [5, 5.41) is 22.6. The molecule has 0 amide bonds. The molecule has 0 aliphatic rings. The van der Waals surface area contributed by atoms with Crippen LogP contribution in [0.2, 0.25) is 0 Å². The van der Waals surface area contributed by atoms with Gasteiger partial charge in [0.25, 0.3) is 5.89 Å². The van der Waals surface area contributed by atoms with Crippen molar-refractivity contribution >= 4 is 5.97 Å². The van der Waals surface area contributed by atoms with Crippen molar-refractivity contribution in [2.45, 2.75) is 0 Å². The molecule has 3 rings (SSSR count). The van der Waals surface area contributed by atoms with E-state index in [4.69, 9.17) is 9.63 Å². The lowest BCUT2D eigenvalue weighted by molar-refractivity contribution is 0.0694. The number of hydrogen-bond donors (Lipinski definition) is 2. The summed E-state index contributed by atoms with van der Waals surface area (Å²) in [5.74, 6) is -2.37. The first-order valence-corrected chi connectivity index (χ1v) is 6.22. The van der Waals surface area contributed by atoms with Crippen LogP contribution in [0.1, 0.15) is 10.4 Å². The van der Waals surface area contributed by atoms with E-state index < -0.39 is 17.5 Å². The topological polar surface area (TPSA) is 96.5 Å². The molecule has 110 valence electrons. The third-order valence-electron chi connectivity index (χ3n) is 3.04. The van der Waals surface area contributed by atoms with Crippen LogP contribution in [0, 0.1) is 5.82 Å². The van der Waals surface area contributed by atoms with Crippen molar-refractivity contribution in [2.24, 2.45) is 0 Å². The Morgan fingerprint density at radius 1 is 1.09 bits per heavy atom. The van der Waals surface area contributed by atoms with Gasteiger partial charge in [0.2, 0.25) is 5.82 Å². The molecule has 0 aliphatic heterocycles. The number of carboxylic acid groups (broad SMARTS) is 1. The molecule has 7 heteroatoms. The molecule has 3 aromatic rings. The van der Waals surface area contributed by atoms with Gasteiger partial charge in [0.1, 0.15) is 17.1 Å². The molecule has 0 unspecified atom stereocenters. The number of aromatic hydroxyl groups is 1. The van der Waals surface area contributed by atoms with Crippen LogP contribution < -0.4 is 0 Å². The molecule has 2 N–H and O–H groups in total. The van der Waals surface area contributed by atoms with Gasteiger partial charge >= 0.3 is 5.97 Å². The zero-order chi connectivity index (χ0) is 15.7. The van der Waals surface area contributed by atoms with Crippen molar-refractivity contribution in [3.63, 3.8) is 0 Å². The maximum Gasteiger partial charge on any atom is 0.339 e. The number of rotatable bonds is 3. The third kappa shape index (κ3) is 2.28. The molecule has 1 heterocycles. The summed E-state index contributed by atoms with van der Waals surface area (Å²) in [6.45, 7) is 0. The first kappa shape index (κ1) is 13.7. The van der Waals surface area contributed by atoms with Crippen molar-refractivity contribution in [3.05, 3.63) is 53.8 Å². The molecule has 0 radical (unpaired) electrons. The number of phenols is 1. The predicted octanol–water partition coefficient (Wildman–Crippen LogP) is 2.95. The van der Waals surface area contributed by atoms with Gasteiger partial charge in [0.05, 0.1) is 11.1 Å². The summed E-state index contributed by atoms with van der Waals surface area (Å²) >= 11 is 0. The van der Waals surface area contributed by atoms with E-state index in [0.29, 0.717) is 0 Å². The van der Waals surface area contributed by atoms with E-state index in [2.05, 4.69) is 10.1 Å². The maximum atomic E-state index is 13.7. The standard InChI is InChI=1S/C15H9FN2O4/c16-11-7-2-1-4-8(11)14-17-13(18-22-14)9-5-3-6-10(12(9)19)15(20)21/h1-7,19H,(H,20,21). The highest BCUT2D eigenvalue weighted by atomic mass is 19.1. The van der Waals surface area contributed by atoms with Gasteiger partial charge < -0.3 is 14.7 Å². The second kappa shape index (κ2) is 5.28. The van der Waals surface area contributed by atoms with Crippen LogP contribution in [0.25, 0.3) is 22.8 Å². The highest BCUT2D eigenvalue weighted by Crippen LogP contribution is 2.32. The van der Waals surface area contributed by atoms with Gasteiger partial charge in [-0.25, -0.2) is 9.18 Å². The summed E-state index contributed by atoms with van der Waals surface area (Å²) in [5.41, 5.74) is -0.0730. The fourth-order valence-corrected chi connectivity index (χ4v) is 1.97. The van der Waals surface area contributed by atoms with Crippen LogP contribution in [0.4, 0.5) is 4.39 Å². The highest BCUT2D eigenvalue weighted by Gasteiger charge is 2.19. The number of hydrogen-bond acceptors (Lipinski definition) is 5. The average Bonchev–Trinajstić information content (AvgIpc) is 2.97. The largest absolute Gasteiger partial charge is 0.506 e. The second-order valence-corrected chi connectivity index (χ2v) is 4.41. The zero-order valence-electron chi connectivity index (χ0n) is 11.0. The van der Waals surface area contributed by atoms with E-state index in [-0.39, 0.29) is 28.4 Å². The Morgan fingerprint density at radius 2 is 1.82 bits per heavy atom. The zero-order valence-corrected chi connectivity index (χ0v) is 11.0. The van der Waals surface area contributed by atoms with Crippen LogP contribution in [0.3, 0.4) is 0 Å². The predicted molar refractivity (Wildman–Crippen MR) is 73.8 cm³/mol. The number of aromatic carboxylic acids is 1. The molecule has 22 heavy (non-hydrogen) atoms. The Kier molecular flexibility index (Phi) is 3.30. The molecule has 2 aromatic carbocycles. The van der Waals surface area contributed by atoms with Gasteiger partial charge in [-0.2, -0.15) is 4.98 Å². The molecular formula is C15H9FN2O4. The molecule has 1 aromatic heterocycles. The first-order valence-electron chi connectivity index (χ1n) is 6.22. The number of halogens is 1. The van der Waals surface area contributed by atoms with E-state index in [0.717, 1.165) is 0 Å². The van der Waals surface area contributed by atoms with Gasteiger partial charge in [-0.3, -0.25) is 0 Å². The first-order chi connectivity index (χ1) is 10.6. The van der Waals surface area contributed by atoms with Crippen LogP contribution in [-0.2, 0) is 0 Å². The number of para-hydroxylation sites is 1. The molecule has 6 nitrogen and oxygen atoms in total. The van der Waals surface area contributed by atoms with Gasteiger partial charge in [-0.1, -0.05) is 23.4 Å². The quantitative estimate of drug-likeness (QED) is 0.772. The van der Waals surface area contributed by atoms with Gasteiger partial charge in [-0.15, -0.1) is 0 Å². The maximum absolute atomic E-state index is 13.7. The lowest BCUT2D eigenvalue weighted by atomic mass is 10.1. The Balaban J connectivity index is 2.07. The monoisotopic (exact) mass is 300 g/mol. The molecule has 0 bridgehead atoms. The third-order valence-corrected chi connectivity index (χ3v) is 3.04. The lowest BCUT2D eigenvalue weighted by Crippen LogP contribution is -1.97. The van der Waals surface area contributed by atoms with Crippen molar-refractivity contribution < 1.29 is 23.9 Å². The fourth-order valence-electron chi connectivity index (χ4n) is 1.97. The van der Waals surface area contributed by atoms with Gasteiger partial charge in [0.15, 0.2) is 0 Å². The van der Waals surface area contributed by atoms with Crippen molar-refractivity contribution in [2.75, 3.05) is 0 Å². The molecule has 0 fully saturated rings. The minimum absolute atomic E-state index is 0.0288. The summed E-state index contributed by atoms with van der Waals surface area (Å²) in [6.07, 6.45) is 0. The SMILES string of the molecule is O=C(O)c1cccc(-c2noc(-c3ccccc3F)n2)c1O. The number of carbonyl (C=O) groups is 1. The molecule has 0 saturated heterocycles. The minimum atomic E-state index is -1.28. The second-order valence-electron chi connectivity index (χ2n) is 4.41. The van der Waals surface area contributed by atoms with E-state index in [1.807, 2.05) is 0 Å². The van der Waals surface area contributed by atoms with Gasteiger partial charge in [0, 0.05) is 0 Å². The molecule has 0 spiro atoms. The van der Waals surface area contributed by atoms with Crippen LogP contribution in [0.5, 0.6) is 5.75 Å². The fraction of sp³-hybridized carbons (Fsp3) is 0. The van der Waals surface area contributed by atoms with E-state index in [9.17, 15) is 14.3 Å². The molecule has 0 atom stereocenters. The van der Waals surface area contributed by atoms with E-state index in [1.54, 1.807) is 6.07 Å². The minimum Gasteiger partial charge on any atom is -0.506 e. The van der Waals surface area contributed by atoms with Crippen LogP contribution in [0.15, 0.2) is 47.0 Å². The molecular weight excluding hydrogens is 291 g/mol. The number of carboxylic acids is 1. The summed E-state index contributed by atoms with van der Waals surface area (Å²) < 4.78 is 18.7. The van der Waals surface area contributed by atoms with Crippen LogP contribution >= 0.6 is 0 Å². The number of nitrogens with zero attached hydrogens (tertiary/aromatic N) is 2. The lowest BCUT2D eigenvalue weighted by Gasteiger charge is -2.02. The van der Waals surface area contributed by atoms with Crippen molar-refractivity contribution in [1.82, 2.24) is 10.1 Å². The van der Waals surface area contributed by atoms with Gasteiger partial charge in [-0.05, 0) is 24.3 Å². The molecule has 0 saturated carbocycles. The Bertz CT molecular complexity index is 860. The normalized spacial score (nSPS) is 10.6. The van der Waals surface area contributed by atoms with Crippen molar-refractivity contribution in [3.8, 4) is 28.6 Å². The Hall–Kier alpha value is -3.22. The summed E-state index contributed by atoms with van der Waals surface area (Å²) in [6, 6.07) is 10.00. The van der Waals surface area contributed by atoms with Crippen molar-refractivity contribution in [1.29, 1.82) is 0 Å². The highest BCUT2D eigenvalue weighted by molar-refractivity contribution is 5.93. The summed E-state index contributed by atoms with van der Waals surface area (Å²) in [4.78, 5) is 15.0. The number of aromatic nitrogens is 2. The summed E-state index contributed by atoms with van der Waals surface area (Å²) in [7, 11) is 0. The smallest absolute Gasteiger partial charge is 0.339 e. The number of benzene rings is 2. The average molecular weight is 300 g/mol.